The third-order valence-corrected chi connectivity index (χ3v) is 7.64. The van der Waals surface area contributed by atoms with Gasteiger partial charge in [0.1, 0.15) is 4.88 Å². The van der Waals surface area contributed by atoms with Gasteiger partial charge in [0.05, 0.1) is 6.54 Å². The van der Waals surface area contributed by atoms with E-state index < -0.39 is 16.7 Å². The highest BCUT2D eigenvalue weighted by atomic mass is 32.1. The van der Waals surface area contributed by atoms with Crippen LogP contribution >= 0.6 is 11.3 Å². The van der Waals surface area contributed by atoms with Crippen molar-refractivity contribution in [3.05, 3.63) is 69.6 Å². The van der Waals surface area contributed by atoms with E-state index in [9.17, 15) is 18.0 Å². The van der Waals surface area contributed by atoms with Crippen LogP contribution in [0.5, 0.6) is 11.5 Å². The van der Waals surface area contributed by atoms with Crippen molar-refractivity contribution < 1.29 is 32.2 Å². The first kappa shape index (κ1) is 19.9. The minimum Gasteiger partial charge on any atom is -0.454 e. The summed E-state index contributed by atoms with van der Waals surface area (Å²) < 4.78 is 56.5. The standard InChI is InChI=1S/C23H18F3NO4S/c24-23(25,26)19-7-5-15(32-19)11-27-16-3-1-2-13-8-9-31-22(20(13)16,21(27)28)14-4-6-17-18(10-14)30-12-29-17/h1-7,10,13,20H,8-9,11-12H2. The molecule has 5 nitrogen and oxygen atoms in total. The van der Waals surface area contributed by atoms with Crippen LogP contribution in [0.4, 0.5) is 13.2 Å². The maximum atomic E-state index is 14.0. The van der Waals surface area contributed by atoms with Crippen LogP contribution in [0.3, 0.4) is 0 Å². The van der Waals surface area contributed by atoms with Crippen molar-refractivity contribution in [1.82, 2.24) is 4.90 Å². The van der Waals surface area contributed by atoms with Crippen LogP contribution in [0.1, 0.15) is 21.7 Å². The van der Waals surface area contributed by atoms with Gasteiger partial charge in [-0.1, -0.05) is 18.2 Å². The molecule has 4 aliphatic rings. The number of nitrogens with zero attached hydrogens (tertiary/aromatic N) is 1. The van der Waals surface area contributed by atoms with Gasteiger partial charge >= 0.3 is 6.18 Å². The fourth-order valence-corrected chi connectivity index (χ4v) is 6.03. The van der Waals surface area contributed by atoms with E-state index >= 15 is 0 Å². The van der Waals surface area contributed by atoms with E-state index in [1.807, 2.05) is 18.2 Å². The largest absolute Gasteiger partial charge is 0.454 e. The first-order valence-corrected chi connectivity index (χ1v) is 11.1. The number of halogens is 3. The molecule has 2 aromatic rings. The van der Waals surface area contributed by atoms with Gasteiger partial charge < -0.3 is 19.1 Å². The summed E-state index contributed by atoms with van der Waals surface area (Å²) in [5, 5.41) is 0. The van der Waals surface area contributed by atoms with Crippen LogP contribution < -0.4 is 9.47 Å². The molecule has 0 saturated carbocycles. The molecule has 0 radical (unpaired) electrons. The van der Waals surface area contributed by atoms with Crippen molar-refractivity contribution in [3.8, 4) is 11.5 Å². The SMILES string of the molecule is O=C1N(Cc2ccc(C(F)(F)F)s2)C2=CC=CC3CCOC1(c1ccc4c(c1)OCO4)C23. The normalized spacial score (nSPS) is 28.2. The average Bonchev–Trinajstić information content (AvgIpc) is 3.49. The number of ether oxygens (including phenoxy) is 3. The number of likely N-dealkylation sites (tertiary alicyclic amines) is 1. The minimum absolute atomic E-state index is 0.0676. The molecule has 3 atom stereocenters. The average molecular weight is 461 g/mol. The van der Waals surface area contributed by atoms with Crippen LogP contribution in [0.25, 0.3) is 0 Å². The van der Waals surface area contributed by atoms with Crippen LogP contribution in [-0.4, -0.2) is 24.2 Å². The van der Waals surface area contributed by atoms with Crippen molar-refractivity contribution in [3.63, 3.8) is 0 Å². The van der Waals surface area contributed by atoms with E-state index in [-0.39, 0.29) is 31.1 Å². The molecule has 32 heavy (non-hydrogen) atoms. The molecule has 0 bridgehead atoms. The van der Waals surface area contributed by atoms with E-state index in [0.29, 0.717) is 39.9 Å². The van der Waals surface area contributed by atoms with Gasteiger partial charge in [-0.3, -0.25) is 4.79 Å². The fraction of sp³-hybridized carbons (Fsp3) is 0.348. The summed E-state index contributed by atoms with van der Waals surface area (Å²) in [4.78, 5) is 15.3. The Morgan fingerprint density at radius 3 is 2.81 bits per heavy atom. The molecule has 3 unspecified atom stereocenters. The molecular weight excluding hydrogens is 443 g/mol. The zero-order valence-corrected chi connectivity index (χ0v) is 17.5. The zero-order valence-electron chi connectivity index (χ0n) is 16.7. The molecular formula is C23H18F3NO4S. The van der Waals surface area contributed by atoms with Crippen molar-refractivity contribution in [2.75, 3.05) is 13.4 Å². The van der Waals surface area contributed by atoms with E-state index in [2.05, 4.69) is 6.08 Å². The predicted molar refractivity (Wildman–Crippen MR) is 109 cm³/mol. The number of carbonyl (C=O) groups is 1. The zero-order chi connectivity index (χ0) is 22.1. The molecule has 6 rings (SSSR count). The van der Waals surface area contributed by atoms with Gasteiger partial charge in [-0.25, -0.2) is 0 Å². The van der Waals surface area contributed by atoms with Crippen molar-refractivity contribution in [2.45, 2.75) is 24.7 Å². The van der Waals surface area contributed by atoms with Crippen LogP contribution in [0.2, 0.25) is 0 Å². The molecule has 4 heterocycles. The number of carbonyl (C=O) groups excluding carboxylic acids is 1. The Balaban J connectivity index is 1.43. The summed E-state index contributed by atoms with van der Waals surface area (Å²) >= 11 is 0.663. The Bertz CT molecular complexity index is 1170. The maximum absolute atomic E-state index is 14.0. The number of alkyl halides is 3. The molecule has 9 heteroatoms. The summed E-state index contributed by atoms with van der Waals surface area (Å²) in [5.74, 6) is 0.743. The predicted octanol–water partition coefficient (Wildman–Crippen LogP) is 4.84. The Morgan fingerprint density at radius 1 is 1.16 bits per heavy atom. The monoisotopic (exact) mass is 461 g/mol. The highest BCUT2D eigenvalue weighted by Crippen LogP contribution is 2.56. The Labute approximate surface area is 185 Å². The number of thiophene rings is 1. The number of rotatable bonds is 3. The number of benzene rings is 1. The summed E-state index contributed by atoms with van der Waals surface area (Å²) in [6.45, 7) is 0.592. The summed E-state index contributed by atoms with van der Waals surface area (Å²) in [7, 11) is 0. The van der Waals surface area contributed by atoms with Gasteiger partial charge in [0.15, 0.2) is 17.1 Å². The quantitative estimate of drug-likeness (QED) is 0.657. The van der Waals surface area contributed by atoms with Gasteiger partial charge in [0.25, 0.3) is 5.91 Å². The summed E-state index contributed by atoms with van der Waals surface area (Å²) in [6, 6.07) is 7.88. The highest BCUT2D eigenvalue weighted by molar-refractivity contribution is 7.12. The molecule has 1 aromatic heterocycles. The molecule has 0 N–H and O–H groups in total. The van der Waals surface area contributed by atoms with Crippen LogP contribution in [-0.2, 0) is 27.9 Å². The van der Waals surface area contributed by atoms with E-state index in [4.69, 9.17) is 14.2 Å². The molecule has 166 valence electrons. The van der Waals surface area contributed by atoms with Gasteiger partial charge in [-0.2, -0.15) is 13.2 Å². The summed E-state index contributed by atoms with van der Waals surface area (Å²) in [6.07, 6.45) is 2.25. The van der Waals surface area contributed by atoms with Crippen molar-refractivity contribution in [1.29, 1.82) is 0 Å². The highest BCUT2D eigenvalue weighted by Gasteiger charge is 2.63. The molecule has 2 fully saturated rings. The lowest BCUT2D eigenvalue weighted by molar-refractivity contribution is -0.164. The maximum Gasteiger partial charge on any atom is 0.425 e. The first-order chi connectivity index (χ1) is 15.4. The first-order valence-electron chi connectivity index (χ1n) is 10.3. The molecule has 1 aromatic carbocycles. The lowest BCUT2D eigenvalue weighted by Gasteiger charge is -2.41. The Morgan fingerprint density at radius 2 is 2.00 bits per heavy atom. The number of amides is 1. The lowest BCUT2D eigenvalue weighted by Crippen LogP contribution is -2.48. The van der Waals surface area contributed by atoms with Gasteiger partial charge in [0.2, 0.25) is 6.79 Å². The number of hydrogen-bond donors (Lipinski definition) is 0. The molecule has 0 spiro atoms. The van der Waals surface area contributed by atoms with Gasteiger partial charge in [-0.15, -0.1) is 11.3 Å². The topological polar surface area (TPSA) is 48.0 Å². The molecule has 1 amide bonds. The lowest BCUT2D eigenvalue weighted by atomic mass is 9.70. The van der Waals surface area contributed by atoms with E-state index in [1.54, 1.807) is 17.0 Å². The van der Waals surface area contributed by atoms with Crippen molar-refractivity contribution >= 4 is 17.2 Å². The van der Waals surface area contributed by atoms with Gasteiger partial charge in [-0.05, 0) is 48.2 Å². The Hall–Kier alpha value is -2.78. The molecule has 3 aliphatic heterocycles. The fourth-order valence-electron chi connectivity index (χ4n) is 5.17. The number of fused-ring (bicyclic) bond motifs is 1. The molecule has 2 saturated heterocycles. The van der Waals surface area contributed by atoms with E-state index in [1.165, 1.54) is 6.07 Å². The van der Waals surface area contributed by atoms with Crippen molar-refractivity contribution in [2.24, 2.45) is 11.8 Å². The number of allylic oxidation sites excluding steroid dienone is 3. The third kappa shape index (κ3) is 2.77. The second kappa shape index (κ2) is 6.86. The van der Waals surface area contributed by atoms with E-state index in [0.717, 1.165) is 18.2 Å². The van der Waals surface area contributed by atoms with Crippen LogP contribution in [0.15, 0.2) is 54.3 Å². The smallest absolute Gasteiger partial charge is 0.425 e. The van der Waals surface area contributed by atoms with Crippen LogP contribution in [0, 0.1) is 11.8 Å². The molecule has 1 aliphatic carbocycles. The second-order valence-corrected chi connectivity index (χ2v) is 9.38. The Kier molecular flexibility index (Phi) is 4.26. The third-order valence-electron chi connectivity index (χ3n) is 6.52. The second-order valence-electron chi connectivity index (χ2n) is 8.21. The minimum atomic E-state index is -4.40. The van der Waals surface area contributed by atoms with Gasteiger partial charge in [0, 0.05) is 23.1 Å². The summed E-state index contributed by atoms with van der Waals surface area (Å²) in [5.41, 5.74) is 0.207. The number of hydrogen-bond acceptors (Lipinski definition) is 5.